The van der Waals surface area contributed by atoms with Gasteiger partial charge in [0, 0.05) is 18.0 Å². The van der Waals surface area contributed by atoms with Crippen molar-refractivity contribution in [3.05, 3.63) is 70.7 Å². The number of rotatable bonds is 6. The van der Waals surface area contributed by atoms with Crippen LogP contribution in [0.15, 0.2) is 42.7 Å². The molecule has 2 aliphatic rings. The summed E-state index contributed by atoms with van der Waals surface area (Å²) in [5.41, 5.74) is 4.84. The molecule has 3 aromatic rings. The second-order valence-corrected chi connectivity index (χ2v) is 15.6. The number of benzene rings is 1. The number of hydrogen-bond donors (Lipinski definition) is 0. The van der Waals surface area contributed by atoms with Crippen molar-refractivity contribution in [1.29, 1.82) is 0 Å². The van der Waals surface area contributed by atoms with Crippen LogP contribution in [0.25, 0.3) is 5.65 Å². The van der Waals surface area contributed by atoms with Crippen LogP contribution in [0.1, 0.15) is 77.1 Å². The Morgan fingerprint density at radius 2 is 1.70 bits per heavy atom. The normalized spacial score (nSPS) is 16.7. The van der Waals surface area contributed by atoms with Gasteiger partial charge in [0.2, 0.25) is 0 Å². The number of fused-ring (bicyclic) bond motifs is 2. The smallest absolute Gasteiger partial charge is 0.261 e. The Hall–Kier alpha value is -2.77. The Morgan fingerprint density at radius 1 is 1.06 bits per heavy atom. The number of amides is 2. The summed E-state index contributed by atoms with van der Waals surface area (Å²) in [6.45, 7) is 11.9. The van der Waals surface area contributed by atoms with Gasteiger partial charge in [-0.3, -0.25) is 14.5 Å². The highest BCUT2D eigenvalue weighted by Crippen LogP contribution is 2.41. The number of nitrogens with zero attached hydrogens (tertiary/aromatic N) is 3. The van der Waals surface area contributed by atoms with Crippen LogP contribution >= 0.6 is 0 Å². The summed E-state index contributed by atoms with van der Waals surface area (Å²) < 4.78 is 8.58. The molecule has 1 aliphatic carbocycles. The molecular formula is C26H31N3O3Si. The summed E-state index contributed by atoms with van der Waals surface area (Å²) in [5.74, 6) is 0.0868. The Bertz CT molecular complexity index is 1230. The average molecular weight is 462 g/mol. The largest absolute Gasteiger partial charge is 0.412 e. The van der Waals surface area contributed by atoms with E-state index in [4.69, 9.17) is 9.41 Å². The van der Waals surface area contributed by atoms with Crippen molar-refractivity contribution >= 4 is 25.8 Å². The quantitative estimate of drug-likeness (QED) is 0.358. The highest BCUT2D eigenvalue weighted by molar-refractivity contribution is 6.74. The first-order chi connectivity index (χ1) is 15.5. The highest BCUT2D eigenvalue weighted by atomic mass is 28.4. The Labute approximate surface area is 195 Å². The Kier molecular flexibility index (Phi) is 5.10. The molecule has 6 nitrogen and oxygen atoms in total. The summed E-state index contributed by atoms with van der Waals surface area (Å²) >= 11 is 0. The van der Waals surface area contributed by atoms with E-state index in [1.165, 1.54) is 23.3 Å². The van der Waals surface area contributed by atoms with Crippen LogP contribution < -0.4 is 0 Å². The zero-order valence-corrected chi connectivity index (χ0v) is 21.0. The molecule has 0 spiro atoms. The lowest BCUT2D eigenvalue weighted by molar-refractivity contribution is 0.0640. The molecule has 0 radical (unpaired) electrons. The van der Waals surface area contributed by atoms with Crippen LogP contribution in [0, 0.1) is 0 Å². The summed E-state index contributed by atoms with van der Waals surface area (Å²) in [6, 6.07) is 9.22. The molecule has 3 heterocycles. The van der Waals surface area contributed by atoms with E-state index in [-0.39, 0.29) is 23.4 Å². The van der Waals surface area contributed by atoms with E-state index in [1.807, 2.05) is 10.6 Å². The summed E-state index contributed by atoms with van der Waals surface area (Å²) in [5, 5.41) is 0.128. The zero-order chi connectivity index (χ0) is 23.5. The third-order valence-electron chi connectivity index (χ3n) is 7.34. The first-order valence-corrected chi connectivity index (χ1v) is 14.6. The van der Waals surface area contributed by atoms with E-state index in [9.17, 15) is 9.59 Å². The molecule has 1 saturated carbocycles. The number of carbonyl (C=O) groups is 2. The Morgan fingerprint density at radius 3 is 2.27 bits per heavy atom. The van der Waals surface area contributed by atoms with Gasteiger partial charge in [-0.25, -0.2) is 4.98 Å². The van der Waals surface area contributed by atoms with Gasteiger partial charge < -0.3 is 8.83 Å². The third kappa shape index (κ3) is 3.93. The number of imidazole rings is 1. The molecular weight excluding hydrogens is 430 g/mol. The summed E-state index contributed by atoms with van der Waals surface area (Å²) in [7, 11) is -1.92. The number of aromatic nitrogens is 2. The van der Waals surface area contributed by atoms with Crippen molar-refractivity contribution < 1.29 is 14.0 Å². The van der Waals surface area contributed by atoms with Crippen molar-refractivity contribution in [2.45, 2.75) is 70.8 Å². The minimum atomic E-state index is -1.92. The molecule has 0 N–H and O–H groups in total. The van der Waals surface area contributed by atoms with Gasteiger partial charge in [0.1, 0.15) is 5.65 Å². The topological polar surface area (TPSA) is 63.9 Å². The third-order valence-corrected chi connectivity index (χ3v) is 11.8. The van der Waals surface area contributed by atoms with Crippen LogP contribution in [0.4, 0.5) is 0 Å². The van der Waals surface area contributed by atoms with Crippen molar-refractivity contribution in [2.24, 2.45) is 0 Å². The minimum Gasteiger partial charge on any atom is -0.412 e. The van der Waals surface area contributed by atoms with Gasteiger partial charge in [-0.2, -0.15) is 0 Å². The van der Waals surface area contributed by atoms with Crippen LogP contribution in [0.5, 0.6) is 0 Å². The summed E-state index contributed by atoms with van der Waals surface area (Å²) in [4.78, 5) is 31.8. The fourth-order valence-corrected chi connectivity index (χ4v) is 5.04. The molecule has 1 aliphatic heterocycles. The predicted octanol–water partition coefficient (Wildman–Crippen LogP) is 5.53. The second kappa shape index (κ2) is 7.63. The molecule has 0 bridgehead atoms. The van der Waals surface area contributed by atoms with Gasteiger partial charge in [0.05, 0.1) is 30.0 Å². The lowest BCUT2D eigenvalue weighted by Crippen LogP contribution is -2.40. The van der Waals surface area contributed by atoms with Gasteiger partial charge in [0.25, 0.3) is 11.8 Å². The Balaban J connectivity index is 1.46. The second-order valence-electron chi connectivity index (χ2n) is 10.8. The van der Waals surface area contributed by atoms with Crippen molar-refractivity contribution in [2.75, 3.05) is 0 Å². The van der Waals surface area contributed by atoms with Crippen molar-refractivity contribution in [3.63, 3.8) is 0 Å². The van der Waals surface area contributed by atoms with Crippen LogP contribution in [-0.4, -0.2) is 34.4 Å². The first-order valence-electron chi connectivity index (χ1n) is 11.6. The van der Waals surface area contributed by atoms with E-state index in [2.05, 4.69) is 46.1 Å². The lowest BCUT2D eigenvalue weighted by Gasteiger charge is -2.36. The molecule has 2 aromatic heterocycles. The lowest BCUT2D eigenvalue weighted by atomic mass is 10.1. The van der Waals surface area contributed by atoms with Crippen molar-refractivity contribution in [1.82, 2.24) is 14.3 Å². The predicted molar refractivity (Wildman–Crippen MR) is 130 cm³/mol. The number of hydrogen-bond acceptors (Lipinski definition) is 4. The molecule has 0 saturated heterocycles. The molecule has 5 rings (SSSR count). The fraction of sp³-hybridized carbons (Fsp3) is 0.423. The molecule has 7 heteroatoms. The van der Waals surface area contributed by atoms with Gasteiger partial charge in [-0.15, -0.1) is 0 Å². The van der Waals surface area contributed by atoms with E-state index in [0.29, 0.717) is 29.3 Å². The molecule has 33 heavy (non-hydrogen) atoms. The molecule has 2 amide bonds. The maximum atomic E-state index is 12.8. The van der Waals surface area contributed by atoms with Gasteiger partial charge >= 0.3 is 0 Å². The van der Waals surface area contributed by atoms with Crippen LogP contribution in [0.3, 0.4) is 0 Å². The van der Waals surface area contributed by atoms with Gasteiger partial charge in [-0.1, -0.05) is 32.9 Å². The van der Waals surface area contributed by atoms with Crippen LogP contribution in [0.2, 0.25) is 18.1 Å². The first kappa shape index (κ1) is 22.0. The molecule has 0 atom stereocenters. The monoisotopic (exact) mass is 461 g/mol. The van der Waals surface area contributed by atoms with Crippen LogP contribution in [-0.2, 0) is 17.6 Å². The number of carbonyl (C=O) groups excluding carboxylic acids is 2. The number of pyridine rings is 1. The summed E-state index contributed by atoms with van der Waals surface area (Å²) in [6.07, 6.45) is 6.51. The van der Waals surface area contributed by atoms with Crippen molar-refractivity contribution in [3.8, 4) is 0 Å². The maximum Gasteiger partial charge on any atom is 0.261 e. The number of imide groups is 1. The van der Waals surface area contributed by atoms with E-state index < -0.39 is 8.32 Å². The maximum absolute atomic E-state index is 12.8. The minimum absolute atomic E-state index is 0.128. The van der Waals surface area contributed by atoms with E-state index in [0.717, 1.165) is 11.2 Å². The molecule has 1 aromatic carbocycles. The SMILES string of the molecule is CC(C)(C)[Si](C)(C)OCc1cc(C2CC2)cn2cc(CN3C(=O)c4ccccc4C3=O)nc12. The molecule has 172 valence electrons. The molecule has 0 unspecified atom stereocenters. The molecule has 1 fully saturated rings. The zero-order valence-electron chi connectivity index (χ0n) is 20.0. The fourth-order valence-electron chi connectivity index (χ4n) is 4.09. The average Bonchev–Trinajstić information content (AvgIpc) is 3.49. The highest BCUT2D eigenvalue weighted by Gasteiger charge is 2.38. The van der Waals surface area contributed by atoms with Gasteiger partial charge in [0.15, 0.2) is 8.32 Å². The van der Waals surface area contributed by atoms with E-state index >= 15 is 0 Å². The standard InChI is InChI=1S/C26H31N3O3Si/c1-26(2,3)33(4,5)32-16-19-12-18(17-10-11-17)13-28-14-20(27-23(19)28)15-29-24(30)21-8-6-7-9-22(21)25(29)31/h6-9,12-14,17H,10-11,15-16H2,1-5H3. The van der Waals surface area contributed by atoms with E-state index in [1.54, 1.807) is 24.3 Å². The van der Waals surface area contributed by atoms with Gasteiger partial charge in [-0.05, 0) is 60.7 Å².